The van der Waals surface area contributed by atoms with Crippen molar-refractivity contribution in [2.45, 2.75) is 12.2 Å². The number of benzene rings is 1. The number of para-hydroxylation sites is 1. The molecule has 1 aromatic carbocycles. The van der Waals surface area contributed by atoms with Gasteiger partial charge in [0, 0.05) is 6.20 Å². The highest BCUT2D eigenvalue weighted by Gasteiger charge is 2.34. The number of rotatable bonds is 4. The molecule has 106 valence electrons. The number of hydrogen-bond acceptors (Lipinski definition) is 3. The van der Waals surface area contributed by atoms with E-state index < -0.39 is 17.8 Å². The largest absolute Gasteiger partial charge is 0.491 e. The second-order valence-corrected chi connectivity index (χ2v) is 4.17. The van der Waals surface area contributed by atoms with Crippen LogP contribution in [0.1, 0.15) is 17.3 Å². The van der Waals surface area contributed by atoms with Crippen molar-refractivity contribution < 1.29 is 17.9 Å². The molecule has 0 bridgehead atoms. The fourth-order valence-corrected chi connectivity index (χ4v) is 1.69. The van der Waals surface area contributed by atoms with Crippen molar-refractivity contribution in [2.75, 3.05) is 6.61 Å². The van der Waals surface area contributed by atoms with Crippen molar-refractivity contribution in [1.29, 1.82) is 0 Å². The van der Waals surface area contributed by atoms with Gasteiger partial charge in [0.2, 0.25) is 0 Å². The molecule has 0 aliphatic rings. The number of hydrogen-bond donors (Lipinski definition) is 1. The van der Waals surface area contributed by atoms with Crippen molar-refractivity contribution in [2.24, 2.45) is 5.73 Å². The molecule has 0 aliphatic heterocycles. The monoisotopic (exact) mass is 282 g/mol. The minimum Gasteiger partial charge on any atom is -0.491 e. The fourth-order valence-electron chi connectivity index (χ4n) is 1.69. The van der Waals surface area contributed by atoms with E-state index in [0.717, 1.165) is 6.07 Å². The number of ether oxygens (including phenoxy) is 1. The molecular formula is C14H13F3N2O. The van der Waals surface area contributed by atoms with E-state index in [-0.39, 0.29) is 12.4 Å². The third-order valence-corrected chi connectivity index (χ3v) is 2.68. The van der Waals surface area contributed by atoms with Crippen molar-refractivity contribution in [1.82, 2.24) is 4.98 Å². The lowest BCUT2D eigenvalue weighted by Gasteiger charge is -2.16. The van der Waals surface area contributed by atoms with Gasteiger partial charge in [-0.1, -0.05) is 18.2 Å². The lowest BCUT2D eigenvalue weighted by atomic mass is 10.2. The first-order chi connectivity index (χ1) is 9.48. The minimum absolute atomic E-state index is 0.0793. The summed E-state index contributed by atoms with van der Waals surface area (Å²) in [5.41, 5.74) is 5.59. The Morgan fingerprint density at radius 1 is 1.10 bits per heavy atom. The summed E-state index contributed by atoms with van der Waals surface area (Å²) in [6.45, 7) is -0.0793. The second kappa shape index (κ2) is 5.92. The maximum Gasteiger partial charge on any atom is 0.419 e. The molecule has 1 atom stereocenters. The highest BCUT2D eigenvalue weighted by molar-refractivity contribution is 5.35. The van der Waals surface area contributed by atoms with Crippen molar-refractivity contribution in [3.63, 3.8) is 0 Å². The summed E-state index contributed by atoms with van der Waals surface area (Å²) < 4.78 is 43.5. The topological polar surface area (TPSA) is 48.1 Å². The van der Waals surface area contributed by atoms with Gasteiger partial charge in [-0.2, -0.15) is 13.2 Å². The van der Waals surface area contributed by atoms with Crippen LogP contribution < -0.4 is 10.5 Å². The van der Waals surface area contributed by atoms with Crippen LogP contribution in [0.4, 0.5) is 13.2 Å². The van der Waals surface area contributed by atoms with Crippen LogP contribution in [0.5, 0.6) is 5.75 Å². The van der Waals surface area contributed by atoms with Gasteiger partial charge in [0.25, 0.3) is 0 Å². The van der Waals surface area contributed by atoms with Gasteiger partial charge in [0.1, 0.15) is 12.4 Å². The molecule has 2 rings (SSSR count). The van der Waals surface area contributed by atoms with Crippen LogP contribution in [0.3, 0.4) is 0 Å². The van der Waals surface area contributed by atoms with Crippen LogP contribution in [0.2, 0.25) is 0 Å². The molecule has 1 aromatic heterocycles. The summed E-state index contributed by atoms with van der Waals surface area (Å²) in [7, 11) is 0. The van der Waals surface area contributed by atoms with E-state index >= 15 is 0 Å². The van der Waals surface area contributed by atoms with E-state index in [1.807, 2.05) is 0 Å². The second-order valence-electron chi connectivity index (χ2n) is 4.17. The third-order valence-electron chi connectivity index (χ3n) is 2.68. The van der Waals surface area contributed by atoms with Crippen LogP contribution in [-0.2, 0) is 6.18 Å². The lowest BCUT2D eigenvalue weighted by Crippen LogP contribution is -2.21. The number of nitrogens with two attached hydrogens (primary N) is 1. The standard InChI is InChI=1S/C14H13F3N2O/c15-14(16,17)10-5-1-2-7-13(10)20-9-11(18)12-6-3-4-8-19-12/h1-8,11H,9,18H2. The van der Waals surface area contributed by atoms with E-state index in [2.05, 4.69) is 4.98 Å². The van der Waals surface area contributed by atoms with Crippen LogP contribution in [0.25, 0.3) is 0 Å². The fraction of sp³-hybridized carbons (Fsp3) is 0.214. The van der Waals surface area contributed by atoms with E-state index in [1.165, 1.54) is 18.2 Å². The summed E-state index contributed by atoms with van der Waals surface area (Å²) in [6, 6.07) is 9.64. The molecule has 0 aliphatic carbocycles. The van der Waals surface area contributed by atoms with Gasteiger partial charge in [-0.05, 0) is 24.3 Å². The molecule has 0 amide bonds. The van der Waals surface area contributed by atoms with E-state index in [9.17, 15) is 13.2 Å². The molecular weight excluding hydrogens is 269 g/mol. The normalized spacial score (nSPS) is 13.0. The molecule has 2 aromatic rings. The Hall–Kier alpha value is -2.08. The smallest absolute Gasteiger partial charge is 0.419 e. The Kier molecular flexibility index (Phi) is 4.24. The molecule has 0 radical (unpaired) electrons. The number of aromatic nitrogens is 1. The maximum absolute atomic E-state index is 12.8. The zero-order valence-electron chi connectivity index (χ0n) is 10.5. The summed E-state index contributed by atoms with van der Waals surface area (Å²) in [5, 5.41) is 0. The van der Waals surface area contributed by atoms with Gasteiger partial charge in [-0.25, -0.2) is 0 Å². The van der Waals surface area contributed by atoms with Gasteiger partial charge >= 0.3 is 6.18 Å². The highest BCUT2D eigenvalue weighted by atomic mass is 19.4. The Morgan fingerprint density at radius 2 is 1.80 bits per heavy atom. The molecule has 3 nitrogen and oxygen atoms in total. The summed E-state index contributed by atoms with van der Waals surface area (Å²) in [4.78, 5) is 4.03. The molecule has 2 N–H and O–H groups in total. The quantitative estimate of drug-likeness (QED) is 0.937. The van der Waals surface area contributed by atoms with Crippen LogP contribution in [0.15, 0.2) is 48.7 Å². The predicted molar refractivity (Wildman–Crippen MR) is 68.1 cm³/mol. The lowest BCUT2D eigenvalue weighted by molar-refractivity contribution is -0.139. The first-order valence-corrected chi connectivity index (χ1v) is 5.94. The minimum atomic E-state index is -4.45. The summed E-state index contributed by atoms with van der Waals surface area (Å²) in [5.74, 6) is -0.230. The van der Waals surface area contributed by atoms with Gasteiger partial charge in [0.15, 0.2) is 0 Å². The van der Waals surface area contributed by atoms with Gasteiger partial charge in [-0.15, -0.1) is 0 Å². The van der Waals surface area contributed by atoms with Crippen molar-refractivity contribution in [3.05, 3.63) is 59.9 Å². The molecule has 6 heteroatoms. The molecule has 0 spiro atoms. The van der Waals surface area contributed by atoms with Gasteiger partial charge in [-0.3, -0.25) is 4.98 Å². The predicted octanol–water partition coefficient (Wildman–Crippen LogP) is 3.18. The Balaban J connectivity index is 2.08. The molecule has 0 saturated heterocycles. The highest BCUT2D eigenvalue weighted by Crippen LogP contribution is 2.36. The molecule has 0 saturated carbocycles. The molecule has 20 heavy (non-hydrogen) atoms. The van der Waals surface area contributed by atoms with Crippen molar-refractivity contribution >= 4 is 0 Å². The Bertz CT molecular complexity index is 558. The maximum atomic E-state index is 12.8. The number of nitrogens with zero attached hydrogens (tertiary/aromatic N) is 1. The van der Waals surface area contributed by atoms with Crippen LogP contribution in [0, 0.1) is 0 Å². The number of pyridine rings is 1. The third kappa shape index (κ3) is 3.48. The zero-order valence-corrected chi connectivity index (χ0v) is 10.5. The zero-order chi connectivity index (χ0) is 14.6. The average Bonchev–Trinajstić information content (AvgIpc) is 2.45. The van der Waals surface area contributed by atoms with E-state index in [0.29, 0.717) is 5.69 Å². The van der Waals surface area contributed by atoms with Crippen LogP contribution in [-0.4, -0.2) is 11.6 Å². The van der Waals surface area contributed by atoms with E-state index in [4.69, 9.17) is 10.5 Å². The first-order valence-electron chi connectivity index (χ1n) is 5.94. The molecule has 1 heterocycles. The Labute approximate surface area is 114 Å². The molecule has 1 unspecified atom stereocenters. The molecule has 0 fully saturated rings. The van der Waals surface area contributed by atoms with Crippen molar-refractivity contribution in [3.8, 4) is 5.75 Å². The number of halogens is 3. The van der Waals surface area contributed by atoms with Gasteiger partial charge in [0.05, 0.1) is 17.3 Å². The number of alkyl halides is 3. The van der Waals surface area contributed by atoms with E-state index in [1.54, 1.807) is 24.4 Å². The summed E-state index contributed by atoms with van der Waals surface area (Å²) in [6.07, 6.45) is -2.88. The first kappa shape index (κ1) is 14.3. The summed E-state index contributed by atoms with van der Waals surface area (Å²) >= 11 is 0. The van der Waals surface area contributed by atoms with Gasteiger partial charge < -0.3 is 10.5 Å². The average molecular weight is 282 g/mol. The Morgan fingerprint density at radius 3 is 2.45 bits per heavy atom. The SMILES string of the molecule is NC(COc1ccccc1C(F)(F)F)c1ccccn1. The van der Waals surface area contributed by atoms with Crippen LogP contribution >= 0.6 is 0 Å².